The first kappa shape index (κ1) is 19.2. The average molecular weight is 406 g/mol. The maximum atomic E-state index is 5.96. The van der Waals surface area contributed by atoms with Crippen molar-refractivity contribution in [3.63, 3.8) is 0 Å². The van der Waals surface area contributed by atoms with Gasteiger partial charge in [0.1, 0.15) is 6.10 Å². The van der Waals surface area contributed by atoms with Crippen molar-refractivity contribution in [1.29, 1.82) is 0 Å². The molecule has 1 aliphatic heterocycles. The average Bonchev–Trinajstić information content (AvgIpc) is 2.81. The number of aromatic nitrogens is 4. The van der Waals surface area contributed by atoms with Crippen LogP contribution in [0.1, 0.15) is 31.2 Å². The predicted molar refractivity (Wildman–Crippen MR) is 115 cm³/mol. The Bertz CT molecular complexity index is 970. The molecule has 2 fully saturated rings. The summed E-state index contributed by atoms with van der Waals surface area (Å²) in [5, 5.41) is 0. The SMILES string of the molecule is c1cnc(OC2CCC(Cc3cc(N4CCOCC4)cc4nccnc34)CC2)nc1. The van der Waals surface area contributed by atoms with Crippen molar-refractivity contribution in [2.24, 2.45) is 5.92 Å². The normalized spacial score (nSPS) is 22.2. The third-order valence-corrected chi connectivity index (χ3v) is 6.13. The quantitative estimate of drug-likeness (QED) is 0.644. The molecule has 3 aromatic rings. The van der Waals surface area contributed by atoms with Crippen molar-refractivity contribution >= 4 is 16.7 Å². The van der Waals surface area contributed by atoms with Crippen LogP contribution in [0.5, 0.6) is 6.01 Å². The van der Waals surface area contributed by atoms with Crippen LogP contribution < -0.4 is 9.64 Å². The molecule has 1 saturated carbocycles. The molecule has 0 N–H and O–H groups in total. The van der Waals surface area contributed by atoms with E-state index in [-0.39, 0.29) is 6.10 Å². The maximum absolute atomic E-state index is 5.96. The van der Waals surface area contributed by atoms with Crippen LogP contribution in [0.4, 0.5) is 5.69 Å². The third kappa shape index (κ3) is 4.36. The lowest BCUT2D eigenvalue weighted by molar-refractivity contribution is 0.120. The number of hydrogen-bond donors (Lipinski definition) is 0. The molecule has 156 valence electrons. The fraction of sp³-hybridized carbons (Fsp3) is 0.478. The molecular formula is C23H27N5O2. The highest BCUT2D eigenvalue weighted by Gasteiger charge is 2.24. The maximum Gasteiger partial charge on any atom is 0.316 e. The fourth-order valence-corrected chi connectivity index (χ4v) is 4.55. The standard InChI is InChI=1S/C23H27N5O2/c1-6-26-23(27-7-1)30-20-4-2-17(3-5-20)14-18-15-19(28-10-12-29-13-11-28)16-21-22(18)25-9-8-24-21/h1,6-9,15-17,20H,2-5,10-14H2. The second-order valence-corrected chi connectivity index (χ2v) is 8.12. The van der Waals surface area contributed by atoms with Crippen molar-refractivity contribution in [2.45, 2.75) is 38.2 Å². The van der Waals surface area contributed by atoms with E-state index in [0.717, 1.165) is 69.4 Å². The third-order valence-electron chi connectivity index (χ3n) is 6.13. The van der Waals surface area contributed by atoms with Crippen LogP contribution >= 0.6 is 0 Å². The van der Waals surface area contributed by atoms with E-state index in [0.29, 0.717) is 11.9 Å². The Morgan fingerprint density at radius 1 is 0.900 bits per heavy atom. The highest BCUT2D eigenvalue weighted by molar-refractivity contribution is 5.82. The molecule has 7 heteroatoms. The van der Waals surface area contributed by atoms with Gasteiger partial charge in [0.25, 0.3) is 0 Å². The minimum atomic E-state index is 0.208. The zero-order chi connectivity index (χ0) is 20.2. The van der Waals surface area contributed by atoms with E-state index in [4.69, 9.17) is 9.47 Å². The molecule has 3 heterocycles. The summed E-state index contributed by atoms with van der Waals surface area (Å²) in [6, 6.07) is 6.78. The van der Waals surface area contributed by atoms with Crippen molar-refractivity contribution < 1.29 is 9.47 Å². The number of hydrogen-bond acceptors (Lipinski definition) is 7. The Labute approximate surface area is 176 Å². The van der Waals surface area contributed by atoms with Gasteiger partial charge in [-0.3, -0.25) is 9.97 Å². The van der Waals surface area contributed by atoms with Crippen LogP contribution in [0.25, 0.3) is 11.0 Å². The van der Waals surface area contributed by atoms with Gasteiger partial charge in [-0.15, -0.1) is 0 Å². The highest BCUT2D eigenvalue weighted by atomic mass is 16.5. The van der Waals surface area contributed by atoms with Gasteiger partial charge in [0.2, 0.25) is 0 Å². The minimum absolute atomic E-state index is 0.208. The molecule has 0 radical (unpaired) electrons. The van der Waals surface area contributed by atoms with Crippen molar-refractivity contribution in [1.82, 2.24) is 19.9 Å². The van der Waals surface area contributed by atoms with Crippen LogP contribution in [0, 0.1) is 5.92 Å². The van der Waals surface area contributed by atoms with Gasteiger partial charge in [-0.1, -0.05) is 0 Å². The summed E-state index contributed by atoms with van der Waals surface area (Å²) in [6.45, 7) is 3.41. The summed E-state index contributed by atoms with van der Waals surface area (Å²) in [5.41, 5.74) is 4.55. The van der Waals surface area contributed by atoms with Gasteiger partial charge in [0, 0.05) is 43.6 Å². The van der Waals surface area contributed by atoms with E-state index in [1.165, 1.54) is 11.3 Å². The zero-order valence-electron chi connectivity index (χ0n) is 17.1. The molecule has 0 spiro atoms. The first-order valence-electron chi connectivity index (χ1n) is 10.8. The molecule has 0 amide bonds. The summed E-state index contributed by atoms with van der Waals surface area (Å²) < 4.78 is 11.5. The first-order chi connectivity index (χ1) is 14.8. The van der Waals surface area contributed by atoms with Crippen LogP contribution in [-0.2, 0) is 11.2 Å². The molecule has 0 unspecified atom stereocenters. The van der Waals surface area contributed by atoms with Gasteiger partial charge in [-0.05, 0) is 61.8 Å². The lowest BCUT2D eigenvalue weighted by atomic mass is 9.83. The number of ether oxygens (including phenoxy) is 2. The largest absolute Gasteiger partial charge is 0.460 e. The monoisotopic (exact) mass is 405 g/mol. The Hall–Kier alpha value is -2.80. The van der Waals surface area contributed by atoms with E-state index in [1.807, 2.05) is 6.07 Å². The van der Waals surface area contributed by atoms with E-state index in [1.54, 1.807) is 24.8 Å². The van der Waals surface area contributed by atoms with Gasteiger partial charge >= 0.3 is 6.01 Å². The molecule has 1 aliphatic carbocycles. The Balaban J connectivity index is 1.29. The van der Waals surface area contributed by atoms with Crippen LogP contribution in [-0.4, -0.2) is 52.3 Å². The van der Waals surface area contributed by atoms with Crippen LogP contribution in [0.15, 0.2) is 43.0 Å². The van der Waals surface area contributed by atoms with Gasteiger partial charge in [-0.25, -0.2) is 9.97 Å². The second kappa shape index (κ2) is 8.92. The summed E-state index contributed by atoms with van der Waals surface area (Å²) in [7, 11) is 0. The lowest BCUT2D eigenvalue weighted by Gasteiger charge is -2.30. The number of morpholine rings is 1. The topological polar surface area (TPSA) is 73.3 Å². The van der Waals surface area contributed by atoms with Crippen LogP contribution in [0.2, 0.25) is 0 Å². The number of fused-ring (bicyclic) bond motifs is 1. The number of benzene rings is 1. The van der Waals surface area contributed by atoms with Gasteiger partial charge in [-0.2, -0.15) is 0 Å². The summed E-state index contributed by atoms with van der Waals surface area (Å²) in [4.78, 5) is 20.0. The fourth-order valence-electron chi connectivity index (χ4n) is 4.55. The van der Waals surface area contributed by atoms with Gasteiger partial charge in [0.15, 0.2) is 0 Å². The van der Waals surface area contributed by atoms with Gasteiger partial charge < -0.3 is 14.4 Å². The Morgan fingerprint density at radius 2 is 1.67 bits per heavy atom. The van der Waals surface area contributed by atoms with E-state index in [2.05, 4.69) is 37.0 Å². The summed E-state index contributed by atoms with van der Waals surface area (Å²) in [5.74, 6) is 0.631. The van der Waals surface area contributed by atoms with E-state index < -0.39 is 0 Å². The second-order valence-electron chi connectivity index (χ2n) is 8.12. The van der Waals surface area contributed by atoms with Crippen molar-refractivity contribution in [3.05, 3.63) is 48.5 Å². The highest BCUT2D eigenvalue weighted by Crippen LogP contribution is 2.32. The molecule has 30 heavy (non-hydrogen) atoms. The number of rotatable bonds is 5. The molecular weight excluding hydrogens is 378 g/mol. The molecule has 2 aromatic heterocycles. The van der Waals surface area contributed by atoms with E-state index in [9.17, 15) is 0 Å². The predicted octanol–water partition coefficient (Wildman–Crippen LogP) is 3.44. The summed E-state index contributed by atoms with van der Waals surface area (Å²) >= 11 is 0. The number of anilines is 1. The van der Waals surface area contributed by atoms with Crippen molar-refractivity contribution in [3.8, 4) is 6.01 Å². The van der Waals surface area contributed by atoms with E-state index >= 15 is 0 Å². The first-order valence-corrected chi connectivity index (χ1v) is 10.8. The molecule has 0 bridgehead atoms. The summed E-state index contributed by atoms with van der Waals surface area (Å²) in [6.07, 6.45) is 12.6. The lowest BCUT2D eigenvalue weighted by Crippen LogP contribution is -2.36. The molecule has 5 rings (SSSR count). The van der Waals surface area contributed by atoms with Crippen LogP contribution in [0.3, 0.4) is 0 Å². The smallest absolute Gasteiger partial charge is 0.316 e. The molecule has 7 nitrogen and oxygen atoms in total. The zero-order valence-corrected chi connectivity index (χ0v) is 17.1. The number of nitrogens with zero attached hydrogens (tertiary/aromatic N) is 5. The van der Waals surface area contributed by atoms with Crippen molar-refractivity contribution in [2.75, 3.05) is 31.2 Å². The molecule has 0 atom stereocenters. The minimum Gasteiger partial charge on any atom is -0.460 e. The molecule has 1 saturated heterocycles. The molecule has 2 aliphatic rings. The molecule has 1 aromatic carbocycles. The van der Waals surface area contributed by atoms with Gasteiger partial charge in [0.05, 0.1) is 24.2 Å². The Kier molecular flexibility index (Phi) is 5.70. The Morgan fingerprint density at radius 3 is 2.47 bits per heavy atom.